The number of benzene rings is 1. The Morgan fingerprint density at radius 3 is 2.19 bits per heavy atom. The van der Waals surface area contributed by atoms with Crippen molar-refractivity contribution in [3.8, 4) is 0 Å². The van der Waals surface area contributed by atoms with Crippen LogP contribution in [0.3, 0.4) is 0 Å². The molecule has 1 aliphatic carbocycles. The second-order valence-corrected chi connectivity index (χ2v) is 4.92. The predicted molar refractivity (Wildman–Crippen MR) is 67.2 cm³/mol. The number of fused-ring (bicyclic) bond motifs is 1. The molecule has 0 spiro atoms. The lowest BCUT2D eigenvalue weighted by atomic mass is 10.1. The number of hydrogen-bond donors (Lipinski definition) is 0. The third-order valence-electron chi connectivity index (χ3n) is 3.84. The first kappa shape index (κ1) is 10.1. The van der Waals surface area contributed by atoms with Crippen LogP contribution in [0.25, 0.3) is 0 Å². The van der Waals surface area contributed by atoms with E-state index < -0.39 is 0 Å². The molecule has 84 valence electrons. The van der Waals surface area contributed by atoms with Gasteiger partial charge in [-0.05, 0) is 31.2 Å². The minimum atomic E-state index is 0.866. The van der Waals surface area contributed by atoms with Crippen molar-refractivity contribution >= 4 is 0 Å². The van der Waals surface area contributed by atoms with E-state index in [1.165, 1.54) is 31.2 Å². The summed E-state index contributed by atoms with van der Waals surface area (Å²) in [6, 6.07) is 12.6. The van der Waals surface area contributed by atoms with E-state index in [0.29, 0.717) is 0 Å². The molecular weight excluding hydrogens is 194 g/mol. The zero-order valence-corrected chi connectivity index (χ0v) is 9.68. The van der Waals surface area contributed by atoms with E-state index in [1.807, 2.05) is 0 Å². The second-order valence-electron chi connectivity index (χ2n) is 4.92. The van der Waals surface area contributed by atoms with Crippen LogP contribution in [0.5, 0.6) is 0 Å². The number of rotatable bonds is 2. The predicted octanol–water partition coefficient (Wildman–Crippen LogP) is 3.37. The SMILES string of the molecule is C1=CCC[C@H]2[C@H](CC1)N2Cc1ccccc1. The molecular formula is C15H19N. The van der Waals surface area contributed by atoms with Crippen LogP contribution in [-0.2, 0) is 6.54 Å². The molecule has 0 radical (unpaired) electrons. The standard InChI is InChI=1S/C15H19N/c1-2-7-11-15-14(10-6-1)16(15)12-13-8-4-3-5-9-13/h1-5,8-9,14-15H,6-7,10-12H2/t14-,15-/m0/s1. The van der Waals surface area contributed by atoms with Crippen molar-refractivity contribution in [2.75, 3.05) is 0 Å². The first-order valence-electron chi connectivity index (χ1n) is 6.40. The summed E-state index contributed by atoms with van der Waals surface area (Å²) in [5.74, 6) is 0. The molecule has 1 aromatic carbocycles. The molecule has 1 heteroatoms. The largest absolute Gasteiger partial charge is 0.290 e. The van der Waals surface area contributed by atoms with Crippen molar-refractivity contribution in [1.29, 1.82) is 0 Å². The van der Waals surface area contributed by atoms with E-state index >= 15 is 0 Å². The van der Waals surface area contributed by atoms with E-state index in [1.54, 1.807) is 0 Å². The summed E-state index contributed by atoms with van der Waals surface area (Å²) < 4.78 is 0. The summed E-state index contributed by atoms with van der Waals surface area (Å²) in [6.45, 7) is 1.15. The summed E-state index contributed by atoms with van der Waals surface area (Å²) in [4.78, 5) is 2.67. The van der Waals surface area contributed by atoms with E-state index in [9.17, 15) is 0 Å². The van der Waals surface area contributed by atoms with Crippen LogP contribution < -0.4 is 0 Å². The molecule has 0 unspecified atom stereocenters. The van der Waals surface area contributed by atoms with Crippen molar-refractivity contribution in [2.45, 2.75) is 44.3 Å². The van der Waals surface area contributed by atoms with Gasteiger partial charge < -0.3 is 0 Å². The van der Waals surface area contributed by atoms with Crippen molar-refractivity contribution in [1.82, 2.24) is 4.90 Å². The summed E-state index contributed by atoms with van der Waals surface area (Å²) >= 11 is 0. The van der Waals surface area contributed by atoms with Gasteiger partial charge in [0.25, 0.3) is 0 Å². The topological polar surface area (TPSA) is 3.01 Å². The Hall–Kier alpha value is -1.08. The Morgan fingerprint density at radius 1 is 0.938 bits per heavy atom. The zero-order valence-electron chi connectivity index (χ0n) is 9.68. The third kappa shape index (κ3) is 2.05. The Labute approximate surface area is 97.8 Å². The fourth-order valence-corrected chi connectivity index (χ4v) is 2.91. The van der Waals surface area contributed by atoms with Crippen LogP contribution in [0.4, 0.5) is 0 Å². The molecule has 2 aliphatic rings. The quantitative estimate of drug-likeness (QED) is 0.537. The Kier molecular flexibility index (Phi) is 2.79. The van der Waals surface area contributed by atoms with Gasteiger partial charge in [-0.2, -0.15) is 0 Å². The highest BCUT2D eigenvalue weighted by Gasteiger charge is 2.45. The highest BCUT2D eigenvalue weighted by Crippen LogP contribution is 2.38. The van der Waals surface area contributed by atoms with E-state index in [4.69, 9.17) is 0 Å². The molecule has 1 fully saturated rings. The van der Waals surface area contributed by atoms with Gasteiger partial charge in [0.05, 0.1) is 0 Å². The van der Waals surface area contributed by atoms with E-state index in [2.05, 4.69) is 47.4 Å². The van der Waals surface area contributed by atoms with Crippen LogP contribution in [0.1, 0.15) is 31.2 Å². The molecule has 0 amide bonds. The molecule has 1 aliphatic heterocycles. The maximum absolute atomic E-state index is 2.67. The Bertz CT molecular complexity index is 352. The summed E-state index contributed by atoms with van der Waals surface area (Å²) in [7, 11) is 0. The molecule has 0 bridgehead atoms. The highest BCUT2D eigenvalue weighted by atomic mass is 15.3. The first-order valence-corrected chi connectivity index (χ1v) is 6.40. The second kappa shape index (κ2) is 4.42. The normalized spacial score (nSPS) is 32.6. The monoisotopic (exact) mass is 213 g/mol. The van der Waals surface area contributed by atoms with Crippen LogP contribution in [0.2, 0.25) is 0 Å². The molecule has 1 aromatic rings. The highest BCUT2D eigenvalue weighted by molar-refractivity contribution is 5.17. The van der Waals surface area contributed by atoms with E-state index in [0.717, 1.165) is 18.6 Å². The lowest BCUT2D eigenvalue weighted by Gasteiger charge is -2.03. The van der Waals surface area contributed by atoms with E-state index in [-0.39, 0.29) is 0 Å². The molecule has 1 heterocycles. The number of nitrogens with zero attached hydrogens (tertiary/aromatic N) is 1. The van der Waals surface area contributed by atoms with Crippen LogP contribution in [0.15, 0.2) is 42.5 Å². The molecule has 0 N–H and O–H groups in total. The Balaban J connectivity index is 1.62. The molecule has 0 aromatic heterocycles. The molecule has 1 saturated heterocycles. The van der Waals surface area contributed by atoms with Crippen molar-refractivity contribution in [2.24, 2.45) is 0 Å². The lowest BCUT2D eigenvalue weighted by molar-refractivity contribution is 0.459. The molecule has 3 rings (SSSR count). The van der Waals surface area contributed by atoms with Gasteiger partial charge in [0.1, 0.15) is 0 Å². The van der Waals surface area contributed by atoms with Crippen LogP contribution in [-0.4, -0.2) is 17.0 Å². The van der Waals surface area contributed by atoms with Gasteiger partial charge in [0, 0.05) is 18.6 Å². The van der Waals surface area contributed by atoms with Gasteiger partial charge in [-0.1, -0.05) is 42.5 Å². The fourth-order valence-electron chi connectivity index (χ4n) is 2.91. The van der Waals surface area contributed by atoms with Crippen molar-refractivity contribution in [3.63, 3.8) is 0 Å². The van der Waals surface area contributed by atoms with Gasteiger partial charge in [0.15, 0.2) is 0 Å². The van der Waals surface area contributed by atoms with Crippen molar-refractivity contribution < 1.29 is 0 Å². The first-order chi connectivity index (χ1) is 7.95. The average molecular weight is 213 g/mol. The maximum Gasteiger partial charge on any atom is 0.0262 e. The maximum atomic E-state index is 2.67. The third-order valence-corrected chi connectivity index (χ3v) is 3.84. The van der Waals surface area contributed by atoms with Gasteiger partial charge in [-0.25, -0.2) is 0 Å². The number of hydrogen-bond acceptors (Lipinski definition) is 1. The molecule has 1 nitrogen and oxygen atoms in total. The molecule has 0 saturated carbocycles. The van der Waals surface area contributed by atoms with Gasteiger partial charge >= 0.3 is 0 Å². The molecule has 16 heavy (non-hydrogen) atoms. The van der Waals surface area contributed by atoms with Crippen LogP contribution in [0, 0.1) is 0 Å². The van der Waals surface area contributed by atoms with Crippen molar-refractivity contribution in [3.05, 3.63) is 48.0 Å². The summed E-state index contributed by atoms with van der Waals surface area (Å²) in [5.41, 5.74) is 1.46. The van der Waals surface area contributed by atoms with Crippen LogP contribution >= 0.6 is 0 Å². The molecule has 2 atom stereocenters. The summed E-state index contributed by atoms with van der Waals surface area (Å²) in [5, 5.41) is 0. The minimum absolute atomic E-state index is 0.866. The fraction of sp³-hybridized carbons (Fsp3) is 0.467. The average Bonchev–Trinajstić information content (AvgIpc) is 2.89. The van der Waals surface area contributed by atoms with Gasteiger partial charge in [-0.15, -0.1) is 0 Å². The van der Waals surface area contributed by atoms with Gasteiger partial charge in [0.2, 0.25) is 0 Å². The lowest BCUT2D eigenvalue weighted by Crippen LogP contribution is -2.02. The zero-order chi connectivity index (χ0) is 10.8. The Morgan fingerprint density at radius 2 is 1.56 bits per heavy atom. The summed E-state index contributed by atoms with van der Waals surface area (Å²) in [6.07, 6.45) is 9.96. The number of allylic oxidation sites excluding steroid dienone is 2. The van der Waals surface area contributed by atoms with Gasteiger partial charge in [-0.3, -0.25) is 4.90 Å². The smallest absolute Gasteiger partial charge is 0.0262 e. The minimum Gasteiger partial charge on any atom is -0.290 e.